The maximum Gasteiger partial charge on any atom is 0.338 e. The molecule has 0 unspecified atom stereocenters. The number of para-hydroxylation sites is 1. The number of fused-ring (bicyclic) bond motifs is 1. The van der Waals surface area contributed by atoms with E-state index in [1.165, 1.54) is 15.9 Å². The Morgan fingerprint density at radius 3 is 2.50 bits per heavy atom. The summed E-state index contributed by atoms with van der Waals surface area (Å²) in [5.74, 6) is 1.03. The number of esters is 1. The van der Waals surface area contributed by atoms with E-state index in [1.807, 2.05) is 25.1 Å². The van der Waals surface area contributed by atoms with E-state index in [9.17, 15) is 9.59 Å². The van der Waals surface area contributed by atoms with E-state index in [1.54, 1.807) is 45.2 Å². The van der Waals surface area contributed by atoms with Gasteiger partial charge in [0.25, 0.3) is 5.56 Å². The lowest BCUT2D eigenvalue weighted by molar-refractivity contribution is -0.139. The number of allylic oxidation sites excluding steroid dienone is 1. The van der Waals surface area contributed by atoms with Crippen LogP contribution in [0.3, 0.4) is 0 Å². The normalized spacial score (nSPS) is 14.8. The Morgan fingerprint density at radius 1 is 1.15 bits per heavy atom. The first-order valence-corrected chi connectivity index (χ1v) is 14.9. The second-order valence-corrected chi connectivity index (χ2v) is 11.2. The van der Waals surface area contributed by atoms with Crippen LogP contribution in [-0.4, -0.2) is 37.5 Å². The molecule has 0 N–H and O–H groups in total. The quantitative estimate of drug-likeness (QED) is 0.212. The molecule has 0 amide bonds. The lowest BCUT2D eigenvalue weighted by atomic mass is 9.94. The summed E-state index contributed by atoms with van der Waals surface area (Å²) in [6, 6.07) is 8.30. The van der Waals surface area contributed by atoms with Crippen LogP contribution in [0.5, 0.6) is 17.2 Å². The van der Waals surface area contributed by atoms with Crippen molar-refractivity contribution in [3.8, 4) is 17.2 Å². The van der Waals surface area contributed by atoms with Crippen molar-refractivity contribution in [2.75, 3.05) is 26.9 Å². The van der Waals surface area contributed by atoms with E-state index in [0.29, 0.717) is 51.1 Å². The summed E-state index contributed by atoms with van der Waals surface area (Å²) in [6.45, 7) is 9.92. The number of methoxy groups -OCH3 is 1. The predicted molar refractivity (Wildman–Crippen MR) is 162 cm³/mol. The molecule has 0 saturated heterocycles. The van der Waals surface area contributed by atoms with Gasteiger partial charge >= 0.3 is 5.97 Å². The fourth-order valence-electron chi connectivity index (χ4n) is 4.39. The minimum absolute atomic E-state index is 0.180. The van der Waals surface area contributed by atoms with Crippen LogP contribution in [0, 0.1) is 0 Å². The Hall–Kier alpha value is -3.15. The zero-order valence-electron chi connectivity index (χ0n) is 22.5. The van der Waals surface area contributed by atoms with E-state index in [-0.39, 0.29) is 17.7 Å². The van der Waals surface area contributed by atoms with Gasteiger partial charge in [-0.05, 0) is 82.5 Å². The zero-order valence-corrected chi connectivity index (χ0v) is 26.4. The van der Waals surface area contributed by atoms with Crippen molar-refractivity contribution in [2.24, 2.45) is 4.99 Å². The van der Waals surface area contributed by atoms with Gasteiger partial charge in [0, 0.05) is 5.56 Å². The summed E-state index contributed by atoms with van der Waals surface area (Å²) < 4.78 is 26.1. The van der Waals surface area contributed by atoms with Crippen molar-refractivity contribution in [1.82, 2.24) is 4.57 Å². The SMILES string of the molecule is C=CCOc1c(Br)cc(/C=c2/sc3n(c2=O)[C@@H](c2cccc(OC)c2OCC)C(C(=O)OCC)=C(C)N=3)cc1Br. The van der Waals surface area contributed by atoms with Crippen molar-refractivity contribution < 1.29 is 23.7 Å². The first kappa shape index (κ1) is 29.8. The highest BCUT2D eigenvalue weighted by molar-refractivity contribution is 9.11. The van der Waals surface area contributed by atoms with Gasteiger partial charge in [-0.1, -0.05) is 36.1 Å². The number of hydrogen-bond acceptors (Lipinski definition) is 8. The lowest BCUT2D eigenvalue weighted by Crippen LogP contribution is -2.40. The Balaban J connectivity index is 1.96. The fourth-order valence-corrected chi connectivity index (χ4v) is 6.89. The fraction of sp³-hybridized carbons (Fsp3) is 0.276. The molecule has 0 bridgehead atoms. The van der Waals surface area contributed by atoms with Crippen LogP contribution < -0.4 is 29.1 Å². The summed E-state index contributed by atoms with van der Waals surface area (Å²) in [5, 5.41) is 0. The van der Waals surface area contributed by atoms with E-state index in [2.05, 4.69) is 43.4 Å². The Labute approximate surface area is 252 Å². The van der Waals surface area contributed by atoms with Crippen molar-refractivity contribution in [2.45, 2.75) is 26.8 Å². The third-order valence-electron chi connectivity index (χ3n) is 5.99. The molecule has 0 spiro atoms. The third kappa shape index (κ3) is 5.82. The lowest BCUT2D eigenvalue weighted by Gasteiger charge is -2.26. The highest BCUT2D eigenvalue weighted by atomic mass is 79.9. The number of hydrogen-bond donors (Lipinski definition) is 0. The van der Waals surface area contributed by atoms with Gasteiger partial charge in [0.1, 0.15) is 18.4 Å². The van der Waals surface area contributed by atoms with E-state index in [4.69, 9.17) is 18.9 Å². The van der Waals surface area contributed by atoms with Crippen molar-refractivity contribution >= 4 is 55.2 Å². The summed E-state index contributed by atoms with van der Waals surface area (Å²) in [5.41, 5.74) is 1.80. The number of nitrogens with zero attached hydrogens (tertiary/aromatic N) is 2. The molecule has 2 aromatic carbocycles. The maximum atomic E-state index is 14.0. The highest BCUT2D eigenvalue weighted by Gasteiger charge is 2.36. The molecule has 1 atom stereocenters. The number of aromatic nitrogens is 1. The molecule has 8 nitrogen and oxygen atoms in total. The van der Waals surface area contributed by atoms with Gasteiger partial charge in [0.2, 0.25) is 0 Å². The van der Waals surface area contributed by atoms with E-state index in [0.717, 1.165) is 14.5 Å². The van der Waals surface area contributed by atoms with E-state index < -0.39 is 12.0 Å². The van der Waals surface area contributed by atoms with Gasteiger partial charge < -0.3 is 18.9 Å². The standard InChI is InChI=1S/C29H28Br2N2O6S/c1-6-12-39-26-19(30)13-17(14-20(26)31)15-22-27(34)33-24(18-10-9-11-21(36-5)25(18)37-7-2)23(28(35)38-8-3)16(4)32-29(33)40-22/h6,9-11,13-15,24H,1,7-8,12H2,2-5H3/b22-15+/t24-/m0/s1. The highest BCUT2D eigenvalue weighted by Crippen LogP contribution is 2.41. The second-order valence-electron chi connectivity index (χ2n) is 8.53. The average Bonchev–Trinajstić information content (AvgIpc) is 3.22. The molecular weight excluding hydrogens is 664 g/mol. The summed E-state index contributed by atoms with van der Waals surface area (Å²) in [4.78, 5) is 32.4. The molecule has 0 saturated carbocycles. The molecule has 4 rings (SSSR count). The third-order valence-corrected chi connectivity index (χ3v) is 8.15. The van der Waals surface area contributed by atoms with Crippen molar-refractivity contribution in [3.63, 3.8) is 0 Å². The topological polar surface area (TPSA) is 88.3 Å². The minimum Gasteiger partial charge on any atom is -0.493 e. The molecule has 40 heavy (non-hydrogen) atoms. The summed E-state index contributed by atoms with van der Waals surface area (Å²) in [6.07, 6.45) is 3.45. The van der Waals surface area contributed by atoms with Crippen molar-refractivity contribution in [1.29, 1.82) is 0 Å². The van der Waals surface area contributed by atoms with Gasteiger partial charge in [-0.3, -0.25) is 9.36 Å². The van der Waals surface area contributed by atoms with Crippen LogP contribution in [-0.2, 0) is 9.53 Å². The first-order valence-electron chi connectivity index (χ1n) is 12.5. The molecule has 1 aromatic heterocycles. The van der Waals surface area contributed by atoms with Gasteiger partial charge in [-0.25, -0.2) is 9.79 Å². The van der Waals surface area contributed by atoms with Gasteiger partial charge in [-0.15, -0.1) is 0 Å². The molecule has 3 aromatic rings. The first-order chi connectivity index (χ1) is 19.2. The van der Waals surface area contributed by atoms with Crippen LogP contribution in [0.25, 0.3) is 6.08 Å². The molecule has 1 aliphatic heterocycles. The van der Waals surface area contributed by atoms with Crippen LogP contribution in [0.4, 0.5) is 0 Å². The van der Waals surface area contributed by atoms with Crippen molar-refractivity contribution in [3.05, 3.63) is 94.0 Å². The van der Waals surface area contributed by atoms with Gasteiger partial charge in [0.15, 0.2) is 16.3 Å². The smallest absolute Gasteiger partial charge is 0.338 e. The Morgan fingerprint density at radius 2 is 1.88 bits per heavy atom. The van der Waals surface area contributed by atoms with Gasteiger partial charge in [-0.2, -0.15) is 0 Å². The summed E-state index contributed by atoms with van der Waals surface area (Å²) in [7, 11) is 1.55. The second kappa shape index (κ2) is 13.0. The molecule has 0 fully saturated rings. The molecule has 2 heterocycles. The number of thiazole rings is 1. The predicted octanol–water partition coefficient (Wildman–Crippen LogP) is 5.30. The molecule has 0 radical (unpaired) electrons. The average molecular weight is 692 g/mol. The molecule has 210 valence electrons. The monoisotopic (exact) mass is 690 g/mol. The number of benzene rings is 2. The Bertz CT molecular complexity index is 1650. The molecule has 0 aliphatic carbocycles. The van der Waals surface area contributed by atoms with Gasteiger partial charge in [0.05, 0.1) is 45.1 Å². The number of halogens is 2. The molecule has 11 heteroatoms. The number of ether oxygens (including phenoxy) is 4. The number of carbonyl (C=O) groups is 1. The minimum atomic E-state index is -0.831. The molecule has 1 aliphatic rings. The van der Waals surface area contributed by atoms with Crippen LogP contribution in [0.15, 0.2) is 73.0 Å². The Kier molecular flexibility index (Phi) is 9.70. The zero-order chi connectivity index (χ0) is 29.0. The summed E-state index contributed by atoms with van der Waals surface area (Å²) >= 11 is 8.34. The van der Waals surface area contributed by atoms with Crippen LogP contribution >= 0.6 is 43.2 Å². The van der Waals surface area contributed by atoms with Crippen LogP contribution in [0.1, 0.15) is 37.9 Å². The number of rotatable bonds is 10. The number of carbonyl (C=O) groups excluding carboxylic acids is 1. The van der Waals surface area contributed by atoms with Crippen LogP contribution in [0.2, 0.25) is 0 Å². The van der Waals surface area contributed by atoms with E-state index >= 15 is 0 Å². The largest absolute Gasteiger partial charge is 0.493 e. The maximum absolute atomic E-state index is 14.0. The molecular formula is C29H28Br2N2O6S.